The third-order valence-corrected chi connectivity index (χ3v) is 4.61. The zero-order chi connectivity index (χ0) is 17.9. The number of nitrogens with zero attached hydrogens (tertiary/aromatic N) is 4. The van der Waals surface area contributed by atoms with E-state index in [1.54, 1.807) is 12.4 Å². The lowest BCUT2D eigenvalue weighted by molar-refractivity contribution is -0.114. The molecule has 1 aliphatic rings. The van der Waals surface area contributed by atoms with Gasteiger partial charge in [0.25, 0.3) is 0 Å². The number of allylic oxidation sites excluding steroid dienone is 1. The zero-order valence-electron chi connectivity index (χ0n) is 13.8. The van der Waals surface area contributed by atoms with Gasteiger partial charge in [0.05, 0.1) is 29.0 Å². The molecule has 1 N–H and O–H groups in total. The molecular weight excluding hydrogens is 346 g/mol. The molecule has 1 amide bonds. The van der Waals surface area contributed by atoms with Crippen molar-refractivity contribution >= 4 is 40.0 Å². The number of carbonyl (C=O) groups excluding carboxylic acids is 1. The molecule has 0 spiro atoms. The monoisotopic (exact) mass is 361 g/mol. The summed E-state index contributed by atoms with van der Waals surface area (Å²) in [6.07, 6.45) is 3.38. The second-order valence-electron chi connectivity index (χ2n) is 5.63. The highest BCUT2D eigenvalue weighted by atomic mass is 32.1. The number of para-hydroxylation sites is 2. The Morgan fingerprint density at radius 3 is 2.85 bits per heavy atom. The molecule has 6 nitrogen and oxygen atoms in total. The SMILES string of the molecule is C=C1C=Nc2ccccc2N1CC(=O)Nc1nc(-c2ccccn2)cs1. The summed E-state index contributed by atoms with van der Waals surface area (Å²) in [5.74, 6) is -0.168. The molecule has 128 valence electrons. The van der Waals surface area contributed by atoms with Crippen molar-refractivity contribution in [3.05, 3.63) is 66.3 Å². The number of fused-ring (bicyclic) bond motifs is 1. The van der Waals surface area contributed by atoms with Crippen LogP contribution in [0.5, 0.6) is 0 Å². The number of benzene rings is 1. The largest absolute Gasteiger partial charge is 0.329 e. The van der Waals surface area contributed by atoms with Crippen molar-refractivity contribution in [2.45, 2.75) is 0 Å². The lowest BCUT2D eigenvalue weighted by atomic mass is 10.2. The van der Waals surface area contributed by atoms with Gasteiger partial charge < -0.3 is 10.2 Å². The van der Waals surface area contributed by atoms with Crippen LogP contribution in [0.4, 0.5) is 16.5 Å². The van der Waals surface area contributed by atoms with Crippen LogP contribution >= 0.6 is 11.3 Å². The second kappa shape index (κ2) is 6.89. The molecule has 0 bridgehead atoms. The van der Waals surface area contributed by atoms with Crippen LogP contribution in [-0.4, -0.2) is 28.6 Å². The molecule has 1 aliphatic heterocycles. The molecular formula is C19H15N5OS. The fourth-order valence-corrected chi connectivity index (χ4v) is 3.34. The first-order chi connectivity index (χ1) is 12.7. The number of anilines is 2. The average Bonchev–Trinajstić information content (AvgIpc) is 3.13. The van der Waals surface area contributed by atoms with Gasteiger partial charge in [0.2, 0.25) is 5.91 Å². The van der Waals surface area contributed by atoms with Gasteiger partial charge in [-0.25, -0.2) is 4.98 Å². The predicted molar refractivity (Wildman–Crippen MR) is 105 cm³/mol. The molecule has 0 radical (unpaired) electrons. The summed E-state index contributed by atoms with van der Waals surface area (Å²) in [5.41, 5.74) is 3.87. The number of amides is 1. The number of nitrogens with one attached hydrogen (secondary N) is 1. The van der Waals surface area contributed by atoms with Crippen LogP contribution in [0.2, 0.25) is 0 Å². The van der Waals surface area contributed by atoms with Gasteiger partial charge in [-0.3, -0.25) is 14.8 Å². The predicted octanol–water partition coefficient (Wildman–Crippen LogP) is 3.88. The molecule has 0 atom stereocenters. The molecule has 0 fully saturated rings. The van der Waals surface area contributed by atoms with Crippen LogP contribution in [0, 0.1) is 0 Å². The van der Waals surface area contributed by atoms with E-state index in [9.17, 15) is 4.79 Å². The number of thiazole rings is 1. The van der Waals surface area contributed by atoms with Gasteiger partial charge in [-0.05, 0) is 24.3 Å². The number of carbonyl (C=O) groups is 1. The van der Waals surface area contributed by atoms with Crippen molar-refractivity contribution in [1.29, 1.82) is 0 Å². The summed E-state index contributed by atoms with van der Waals surface area (Å²) in [6, 6.07) is 13.3. The van der Waals surface area contributed by atoms with Crippen LogP contribution in [0.1, 0.15) is 0 Å². The number of hydrogen-bond donors (Lipinski definition) is 1. The maximum Gasteiger partial charge on any atom is 0.246 e. The summed E-state index contributed by atoms with van der Waals surface area (Å²) >= 11 is 1.37. The van der Waals surface area contributed by atoms with Crippen molar-refractivity contribution in [1.82, 2.24) is 9.97 Å². The Bertz CT molecular complexity index is 996. The Morgan fingerprint density at radius 2 is 2.00 bits per heavy atom. The van der Waals surface area contributed by atoms with E-state index < -0.39 is 0 Å². The van der Waals surface area contributed by atoms with Crippen LogP contribution < -0.4 is 10.2 Å². The fourth-order valence-electron chi connectivity index (χ4n) is 2.62. The van der Waals surface area contributed by atoms with Crippen molar-refractivity contribution in [2.24, 2.45) is 4.99 Å². The normalized spacial score (nSPS) is 12.8. The molecule has 1 aromatic carbocycles. The first-order valence-corrected chi connectivity index (χ1v) is 8.85. The average molecular weight is 361 g/mol. The number of pyridine rings is 1. The van der Waals surface area contributed by atoms with Gasteiger partial charge in [0.1, 0.15) is 12.2 Å². The smallest absolute Gasteiger partial charge is 0.246 e. The maximum atomic E-state index is 12.5. The Hall–Kier alpha value is -3.32. The maximum absolute atomic E-state index is 12.5. The molecule has 3 aromatic rings. The van der Waals surface area contributed by atoms with E-state index in [1.165, 1.54) is 11.3 Å². The van der Waals surface area contributed by atoms with E-state index in [1.807, 2.05) is 52.7 Å². The summed E-state index contributed by atoms with van der Waals surface area (Å²) in [4.78, 5) is 27.4. The van der Waals surface area contributed by atoms with Crippen LogP contribution in [0.3, 0.4) is 0 Å². The summed E-state index contributed by atoms with van der Waals surface area (Å²) in [6.45, 7) is 4.11. The summed E-state index contributed by atoms with van der Waals surface area (Å²) in [5, 5.41) is 5.26. The van der Waals surface area contributed by atoms with E-state index in [0.717, 1.165) is 22.8 Å². The van der Waals surface area contributed by atoms with Crippen LogP contribution in [-0.2, 0) is 4.79 Å². The van der Waals surface area contributed by atoms with E-state index >= 15 is 0 Å². The number of hydrogen-bond acceptors (Lipinski definition) is 6. The quantitative estimate of drug-likeness (QED) is 0.765. The molecule has 2 aromatic heterocycles. The Morgan fingerprint density at radius 1 is 1.15 bits per heavy atom. The van der Waals surface area contributed by atoms with Gasteiger partial charge in [-0.15, -0.1) is 11.3 Å². The third-order valence-electron chi connectivity index (χ3n) is 3.85. The first-order valence-electron chi connectivity index (χ1n) is 7.97. The minimum absolute atomic E-state index is 0.139. The third kappa shape index (κ3) is 3.25. The van der Waals surface area contributed by atoms with Crippen molar-refractivity contribution in [3.63, 3.8) is 0 Å². The molecule has 0 saturated heterocycles. The molecule has 0 unspecified atom stereocenters. The van der Waals surface area contributed by atoms with Gasteiger partial charge in [-0.1, -0.05) is 24.8 Å². The Balaban J connectivity index is 1.47. The van der Waals surface area contributed by atoms with Crippen molar-refractivity contribution in [3.8, 4) is 11.4 Å². The standard InChI is InChI=1S/C19H15N5OS/c1-13-10-21-15-7-2-3-8-17(15)24(13)11-18(25)23-19-22-16(12-26-19)14-6-4-5-9-20-14/h2-10,12H,1,11H2,(H,22,23,25). The van der Waals surface area contributed by atoms with Gasteiger partial charge >= 0.3 is 0 Å². The molecule has 4 rings (SSSR count). The molecule has 0 saturated carbocycles. The number of aromatic nitrogens is 2. The summed E-state index contributed by atoms with van der Waals surface area (Å²) in [7, 11) is 0. The first kappa shape index (κ1) is 16.2. The molecule has 3 heterocycles. The molecule has 26 heavy (non-hydrogen) atoms. The highest BCUT2D eigenvalue weighted by molar-refractivity contribution is 7.14. The summed E-state index contributed by atoms with van der Waals surface area (Å²) < 4.78 is 0. The fraction of sp³-hybridized carbons (Fsp3) is 0.0526. The van der Waals surface area contributed by atoms with Gasteiger partial charge in [0.15, 0.2) is 5.13 Å². The minimum atomic E-state index is -0.168. The van der Waals surface area contributed by atoms with E-state index in [4.69, 9.17) is 0 Å². The Kier molecular flexibility index (Phi) is 4.28. The van der Waals surface area contributed by atoms with Gasteiger partial charge in [0, 0.05) is 11.6 Å². The van der Waals surface area contributed by atoms with Crippen LogP contribution in [0.15, 0.2) is 71.3 Å². The lowest BCUT2D eigenvalue weighted by Gasteiger charge is -2.28. The van der Waals surface area contributed by atoms with E-state index in [-0.39, 0.29) is 12.5 Å². The minimum Gasteiger partial charge on any atom is -0.329 e. The Labute approximate surface area is 154 Å². The lowest BCUT2D eigenvalue weighted by Crippen LogP contribution is -2.34. The van der Waals surface area contributed by atoms with Gasteiger partial charge in [-0.2, -0.15) is 0 Å². The number of aliphatic imine (C=N–C) groups is 1. The van der Waals surface area contributed by atoms with Crippen molar-refractivity contribution < 1.29 is 4.79 Å². The van der Waals surface area contributed by atoms with E-state index in [2.05, 4.69) is 26.9 Å². The highest BCUT2D eigenvalue weighted by Crippen LogP contribution is 2.33. The number of rotatable bonds is 4. The highest BCUT2D eigenvalue weighted by Gasteiger charge is 2.20. The van der Waals surface area contributed by atoms with E-state index in [0.29, 0.717) is 10.8 Å². The zero-order valence-corrected chi connectivity index (χ0v) is 14.6. The van der Waals surface area contributed by atoms with Crippen molar-refractivity contribution in [2.75, 3.05) is 16.8 Å². The molecule has 7 heteroatoms. The topological polar surface area (TPSA) is 70.5 Å². The molecule has 0 aliphatic carbocycles. The second-order valence-corrected chi connectivity index (χ2v) is 6.48. The van der Waals surface area contributed by atoms with Crippen LogP contribution in [0.25, 0.3) is 11.4 Å².